The van der Waals surface area contributed by atoms with E-state index in [2.05, 4.69) is 5.18 Å². The predicted octanol–water partition coefficient (Wildman–Crippen LogP) is 5.66. The summed E-state index contributed by atoms with van der Waals surface area (Å²) in [5, 5.41) is 13.7. The van der Waals surface area contributed by atoms with E-state index in [-0.39, 0.29) is 23.2 Å². The van der Waals surface area contributed by atoms with Crippen LogP contribution in [0.2, 0.25) is 0 Å². The van der Waals surface area contributed by atoms with Crippen LogP contribution in [-0.2, 0) is 4.74 Å². The Morgan fingerprint density at radius 1 is 0.970 bits per heavy atom. The summed E-state index contributed by atoms with van der Waals surface area (Å²) in [6.07, 6.45) is 9.19. The van der Waals surface area contributed by atoms with Crippen LogP contribution >= 0.6 is 0 Å². The van der Waals surface area contributed by atoms with Crippen molar-refractivity contribution in [2.24, 2.45) is 5.18 Å². The molecule has 0 amide bonds. The normalized spacial score (nSPS) is 20.7. The van der Waals surface area contributed by atoms with Gasteiger partial charge in [0, 0.05) is 28.9 Å². The molecule has 5 rings (SSSR count). The molecule has 3 aliphatic rings. The van der Waals surface area contributed by atoms with Crippen molar-refractivity contribution in [3.63, 3.8) is 0 Å². The number of ether oxygens (including phenoxy) is 2. The van der Waals surface area contributed by atoms with Crippen molar-refractivity contribution in [1.82, 2.24) is 0 Å². The number of ketones is 1. The monoisotopic (exact) mass is 442 g/mol. The van der Waals surface area contributed by atoms with Crippen LogP contribution in [0.5, 0.6) is 11.5 Å². The van der Waals surface area contributed by atoms with E-state index in [1.165, 1.54) is 6.08 Å². The standard InChI is InChI=1S/C25H18N2O6/c28-25-23-13-19(32-17-5-1-15(26-29)2-6-17)9-11-21(23)22-12-10-20(14-24(22)25)33-18-7-3-16(4-8-18)27(30)31/h1-3,5-9,11-14,16,20H,4,10H2. The second-order valence-electron chi connectivity index (χ2n) is 7.87. The second-order valence-corrected chi connectivity index (χ2v) is 7.87. The summed E-state index contributed by atoms with van der Waals surface area (Å²) in [7, 11) is 0. The van der Waals surface area contributed by atoms with E-state index in [1.54, 1.807) is 48.6 Å². The van der Waals surface area contributed by atoms with Crippen molar-refractivity contribution in [2.75, 3.05) is 0 Å². The number of carbonyl (C=O) groups excluding carboxylic acids is 1. The molecule has 8 nitrogen and oxygen atoms in total. The van der Waals surface area contributed by atoms with Crippen LogP contribution in [-0.4, -0.2) is 22.9 Å². The predicted molar refractivity (Wildman–Crippen MR) is 121 cm³/mol. The van der Waals surface area contributed by atoms with Crippen LogP contribution in [0, 0.1) is 15.0 Å². The molecule has 0 heterocycles. The molecule has 0 radical (unpaired) electrons. The Balaban J connectivity index is 1.32. The third-order valence-corrected chi connectivity index (χ3v) is 5.75. The van der Waals surface area contributed by atoms with Gasteiger partial charge in [0.1, 0.15) is 29.0 Å². The van der Waals surface area contributed by atoms with Crippen LogP contribution in [0.4, 0.5) is 5.69 Å². The van der Waals surface area contributed by atoms with Gasteiger partial charge in [0.05, 0.1) is 0 Å². The molecule has 0 aliphatic heterocycles. The zero-order valence-corrected chi connectivity index (χ0v) is 17.3. The first-order valence-corrected chi connectivity index (χ1v) is 10.4. The zero-order chi connectivity index (χ0) is 22.9. The van der Waals surface area contributed by atoms with E-state index in [9.17, 15) is 19.8 Å². The molecule has 0 spiro atoms. The number of benzene rings is 2. The van der Waals surface area contributed by atoms with Crippen molar-refractivity contribution in [1.29, 1.82) is 0 Å². The summed E-state index contributed by atoms with van der Waals surface area (Å²) in [5.41, 5.74) is 3.18. The first-order valence-electron chi connectivity index (χ1n) is 10.4. The molecule has 2 aromatic rings. The Kier molecular flexibility index (Phi) is 5.18. The van der Waals surface area contributed by atoms with Gasteiger partial charge in [-0.2, -0.15) is 0 Å². The third-order valence-electron chi connectivity index (χ3n) is 5.75. The molecule has 2 aromatic carbocycles. The largest absolute Gasteiger partial charge is 0.486 e. The minimum absolute atomic E-state index is 0.0999. The summed E-state index contributed by atoms with van der Waals surface area (Å²) in [5.74, 6) is 1.52. The fourth-order valence-corrected chi connectivity index (χ4v) is 4.10. The van der Waals surface area contributed by atoms with Crippen LogP contribution < -0.4 is 4.74 Å². The topological polar surface area (TPSA) is 108 Å². The van der Waals surface area contributed by atoms with Gasteiger partial charge in [-0.1, -0.05) is 6.08 Å². The molecule has 33 heavy (non-hydrogen) atoms. The highest BCUT2D eigenvalue weighted by Crippen LogP contribution is 2.42. The highest BCUT2D eigenvalue weighted by Gasteiger charge is 2.33. The van der Waals surface area contributed by atoms with E-state index in [0.717, 1.165) is 11.1 Å². The Bertz CT molecular complexity index is 1290. The molecule has 164 valence electrons. The van der Waals surface area contributed by atoms with Gasteiger partial charge in [-0.25, -0.2) is 0 Å². The van der Waals surface area contributed by atoms with Gasteiger partial charge in [0.15, 0.2) is 5.78 Å². The van der Waals surface area contributed by atoms with Crippen LogP contribution in [0.15, 0.2) is 89.4 Å². The highest BCUT2D eigenvalue weighted by molar-refractivity contribution is 6.27. The van der Waals surface area contributed by atoms with Crippen molar-refractivity contribution in [3.05, 3.63) is 110 Å². The summed E-state index contributed by atoms with van der Waals surface area (Å²) >= 11 is 0. The lowest BCUT2D eigenvalue weighted by molar-refractivity contribution is -0.508. The number of rotatable bonds is 6. The molecule has 0 fully saturated rings. The second kappa shape index (κ2) is 8.31. The SMILES string of the molecule is O=Nc1ccc(Oc2ccc3c(c2)C(=O)C2=CC(OC4=CCC([N+](=O)[O-])C=C4)CC=C23)cc1. The van der Waals surface area contributed by atoms with Crippen LogP contribution in [0.1, 0.15) is 28.8 Å². The average Bonchev–Trinajstić information content (AvgIpc) is 3.11. The maximum atomic E-state index is 13.1. The number of allylic oxidation sites excluding steroid dienone is 3. The number of nitro groups is 1. The molecule has 0 bridgehead atoms. The van der Waals surface area contributed by atoms with Gasteiger partial charge in [-0.15, -0.1) is 4.91 Å². The van der Waals surface area contributed by atoms with E-state index in [1.807, 2.05) is 18.2 Å². The van der Waals surface area contributed by atoms with E-state index in [4.69, 9.17) is 9.47 Å². The summed E-state index contributed by atoms with van der Waals surface area (Å²) in [6, 6.07) is 11.0. The van der Waals surface area contributed by atoms with Crippen molar-refractivity contribution in [3.8, 4) is 11.5 Å². The molecule has 0 saturated heterocycles. The van der Waals surface area contributed by atoms with Crippen LogP contribution in [0.25, 0.3) is 5.57 Å². The summed E-state index contributed by atoms with van der Waals surface area (Å²) in [6.45, 7) is 0. The van der Waals surface area contributed by atoms with E-state index < -0.39 is 6.04 Å². The Morgan fingerprint density at radius 2 is 1.76 bits per heavy atom. The van der Waals surface area contributed by atoms with Gasteiger partial charge in [0.25, 0.3) is 0 Å². The lowest BCUT2D eigenvalue weighted by atomic mass is 9.96. The molecule has 8 heteroatoms. The number of fused-ring (bicyclic) bond motifs is 3. The molecule has 0 aromatic heterocycles. The van der Waals surface area contributed by atoms with Gasteiger partial charge in [-0.05, 0) is 83.1 Å². The lowest BCUT2D eigenvalue weighted by Gasteiger charge is -2.21. The lowest BCUT2D eigenvalue weighted by Crippen LogP contribution is -2.19. The first-order chi connectivity index (χ1) is 16.0. The van der Waals surface area contributed by atoms with Gasteiger partial charge < -0.3 is 9.47 Å². The smallest absolute Gasteiger partial charge is 0.235 e. The van der Waals surface area contributed by atoms with Crippen LogP contribution in [0.3, 0.4) is 0 Å². The Morgan fingerprint density at radius 3 is 2.45 bits per heavy atom. The molecular formula is C25H18N2O6. The summed E-state index contributed by atoms with van der Waals surface area (Å²) in [4.78, 5) is 34.2. The number of carbonyl (C=O) groups is 1. The number of nitroso groups, excluding NO2 is 1. The summed E-state index contributed by atoms with van der Waals surface area (Å²) < 4.78 is 11.8. The molecule has 0 saturated carbocycles. The maximum absolute atomic E-state index is 13.1. The molecule has 2 unspecified atom stereocenters. The van der Waals surface area contributed by atoms with Crippen molar-refractivity contribution in [2.45, 2.75) is 25.0 Å². The highest BCUT2D eigenvalue weighted by atomic mass is 16.6. The number of hydrogen-bond donors (Lipinski definition) is 0. The van der Waals surface area contributed by atoms with Gasteiger partial charge in [-0.3, -0.25) is 14.9 Å². The van der Waals surface area contributed by atoms with E-state index in [0.29, 0.717) is 40.5 Å². The average molecular weight is 442 g/mol. The molecule has 0 N–H and O–H groups in total. The Hall–Kier alpha value is -4.33. The van der Waals surface area contributed by atoms with Gasteiger partial charge in [0.2, 0.25) is 6.04 Å². The maximum Gasteiger partial charge on any atom is 0.235 e. The van der Waals surface area contributed by atoms with E-state index >= 15 is 0 Å². The minimum atomic E-state index is -0.726. The molecule has 2 atom stereocenters. The van der Waals surface area contributed by atoms with Crippen molar-refractivity contribution >= 4 is 17.0 Å². The third kappa shape index (κ3) is 3.98. The van der Waals surface area contributed by atoms with Crippen molar-refractivity contribution < 1.29 is 19.2 Å². The molecular weight excluding hydrogens is 424 g/mol. The van der Waals surface area contributed by atoms with Gasteiger partial charge >= 0.3 is 0 Å². The quantitative estimate of drug-likeness (QED) is 0.324. The minimum Gasteiger partial charge on any atom is -0.486 e. The zero-order valence-electron chi connectivity index (χ0n) is 17.3. The Labute approximate surface area is 188 Å². The fourth-order valence-electron chi connectivity index (χ4n) is 4.10. The fraction of sp³-hybridized carbons (Fsp3) is 0.160. The number of hydrogen-bond acceptors (Lipinski definition) is 7. The number of nitrogens with zero attached hydrogens (tertiary/aromatic N) is 2. The molecule has 3 aliphatic carbocycles. The first kappa shape index (κ1) is 20.6. The number of Topliss-reactive ketones (excluding diaryl/α,β-unsaturated/α-hetero) is 1.